The Bertz CT molecular complexity index is 1300. The zero-order chi connectivity index (χ0) is 28.4. The number of aromatic nitrogens is 3. The van der Waals surface area contributed by atoms with Crippen molar-refractivity contribution in [2.24, 2.45) is 22.9 Å². The highest BCUT2D eigenvalue weighted by Gasteiger charge is 2.29. The number of amides is 1. The van der Waals surface area contributed by atoms with Gasteiger partial charge in [0.05, 0.1) is 5.69 Å². The summed E-state index contributed by atoms with van der Waals surface area (Å²) in [4.78, 5) is 30.5. The van der Waals surface area contributed by atoms with Crippen LogP contribution in [0.5, 0.6) is 5.75 Å². The predicted octanol–water partition coefficient (Wildman–Crippen LogP) is 1.38. The molecule has 0 spiro atoms. The van der Waals surface area contributed by atoms with Crippen LogP contribution in [-0.4, -0.2) is 76.3 Å². The first-order valence-electron chi connectivity index (χ1n) is 13.1. The van der Waals surface area contributed by atoms with Crippen LogP contribution in [0.25, 0.3) is 0 Å². The first kappa shape index (κ1) is 30.5. The van der Waals surface area contributed by atoms with E-state index in [1.165, 1.54) is 6.07 Å². The van der Waals surface area contributed by atoms with Crippen molar-refractivity contribution in [3.8, 4) is 5.75 Å². The van der Waals surface area contributed by atoms with Gasteiger partial charge in [-0.2, -0.15) is 15.0 Å². The quantitative estimate of drug-likeness (QED) is 0.199. The molecule has 0 radical (unpaired) electrons. The molecule has 15 heteroatoms. The van der Waals surface area contributed by atoms with Crippen molar-refractivity contribution in [2.75, 3.05) is 46.6 Å². The van der Waals surface area contributed by atoms with Crippen molar-refractivity contribution >= 4 is 59.1 Å². The summed E-state index contributed by atoms with van der Waals surface area (Å²) >= 11 is 5.90. The van der Waals surface area contributed by atoms with Crippen molar-refractivity contribution in [1.82, 2.24) is 15.0 Å². The molecule has 0 aliphatic carbocycles. The lowest BCUT2D eigenvalue weighted by atomic mass is 10.0. The molecular formula is C26H35Cl2N11O2. The molecule has 2 fully saturated rings. The molecule has 220 valence electrons. The van der Waals surface area contributed by atoms with Crippen molar-refractivity contribution in [1.29, 1.82) is 0 Å². The molecule has 0 unspecified atom stereocenters. The van der Waals surface area contributed by atoms with Gasteiger partial charge in [0.1, 0.15) is 5.75 Å². The molecule has 13 nitrogen and oxygen atoms in total. The zero-order valence-electron chi connectivity index (χ0n) is 22.3. The summed E-state index contributed by atoms with van der Waals surface area (Å²) in [6.45, 7) is 2.22. The minimum Gasteiger partial charge on any atom is -0.506 e. The van der Waals surface area contributed by atoms with Crippen LogP contribution in [0, 0.1) is 0 Å². The number of hydrogen-bond donors (Lipinski definition) is 7. The van der Waals surface area contributed by atoms with Crippen LogP contribution in [0.1, 0.15) is 23.2 Å². The molecule has 41 heavy (non-hydrogen) atoms. The number of aromatic hydroxyl groups is 1. The van der Waals surface area contributed by atoms with Gasteiger partial charge in [-0.15, -0.1) is 12.4 Å². The molecule has 3 heterocycles. The highest BCUT2D eigenvalue weighted by Crippen LogP contribution is 2.30. The number of phenolic OH excluding ortho intramolecular Hbond substituents is 1. The fourth-order valence-corrected chi connectivity index (χ4v) is 5.14. The van der Waals surface area contributed by atoms with Gasteiger partial charge in [0.15, 0.2) is 0 Å². The second-order valence-electron chi connectivity index (χ2n) is 10.4. The lowest BCUT2D eigenvalue weighted by Gasteiger charge is -2.37. The minimum absolute atomic E-state index is 0. The standard InChI is InChI=1S/C26H34ClN11O2.ClH/c27-15-3-1-14(2-4-15)23(40)33-21-6-5-20(9-22(21)39)32-24-34-25(37-10-16(28)7-17(29)11-37)36-26(35-24)38-12-18(30)8-19(31)13-38;/h1-6,9,16-19,39H,7-8,10-13,28-31H2,(H,33,40)(H,32,34,35,36);1H/t16-,17+,18-,19+;. The Morgan fingerprint density at radius 1 is 0.829 bits per heavy atom. The fourth-order valence-electron chi connectivity index (χ4n) is 5.02. The minimum atomic E-state index is -0.379. The Kier molecular flexibility index (Phi) is 9.68. The molecule has 3 aromatic rings. The number of phenols is 1. The number of nitrogens with two attached hydrogens (primary N) is 4. The summed E-state index contributed by atoms with van der Waals surface area (Å²) in [6.07, 6.45) is 1.44. The Hall–Kier alpha value is -3.46. The van der Waals surface area contributed by atoms with Crippen LogP contribution < -0.4 is 43.4 Å². The normalized spacial score (nSPS) is 22.6. The van der Waals surface area contributed by atoms with E-state index in [-0.39, 0.29) is 59.9 Å². The number of hydrogen-bond acceptors (Lipinski definition) is 12. The van der Waals surface area contributed by atoms with E-state index >= 15 is 0 Å². The zero-order valence-corrected chi connectivity index (χ0v) is 23.9. The Morgan fingerprint density at radius 3 is 1.83 bits per heavy atom. The van der Waals surface area contributed by atoms with Gasteiger partial charge in [0.2, 0.25) is 17.8 Å². The van der Waals surface area contributed by atoms with E-state index < -0.39 is 0 Å². The van der Waals surface area contributed by atoms with E-state index in [0.29, 0.717) is 54.3 Å². The van der Waals surface area contributed by atoms with E-state index in [0.717, 1.165) is 12.8 Å². The molecule has 2 aliphatic heterocycles. The molecule has 0 bridgehead atoms. The third-order valence-electron chi connectivity index (χ3n) is 6.82. The second-order valence-corrected chi connectivity index (χ2v) is 10.8. The predicted molar refractivity (Wildman–Crippen MR) is 163 cm³/mol. The van der Waals surface area contributed by atoms with Gasteiger partial charge >= 0.3 is 0 Å². The number of halogens is 2. The second kappa shape index (κ2) is 13.0. The van der Waals surface area contributed by atoms with E-state index in [4.69, 9.17) is 39.5 Å². The number of piperidine rings is 2. The van der Waals surface area contributed by atoms with Gasteiger partial charge in [-0.25, -0.2) is 0 Å². The molecule has 0 saturated carbocycles. The monoisotopic (exact) mass is 603 g/mol. The highest BCUT2D eigenvalue weighted by atomic mass is 35.5. The third kappa shape index (κ3) is 7.64. The van der Waals surface area contributed by atoms with Crippen molar-refractivity contribution in [2.45, 2.75) is 37.0 Å². The molecule has 11 N–H and O–H groups in total. The SMILES string of the molecule is Cl.N[C@@H]1C[C@H](N)CN(c2nc(Nc3ccc(NC(=O)c4ccc(Cl)cc4)c(O)c3)nc(N3C[C@H](N)C[C@H](N)C3)n2)C1. The number of carbonyl (C=O) groups excluding carboxylic acids is 1. The lowest BCUT2D eigenvalue weighted by Crippen LogP contribution is -2.54. The Balaban J connectivity index is 0.00000387. The summed E-state index contributed by atoms with van der Waals surface area (Å²) in [5.74, 6) is 0.611. The highest BCUT2D eigenvalue weighted by molar-refractivity contribution is 6.30. The van der Waals surface area contributed by atoms with Crippen LogP contribution in [0.4, 0.5) is 29.2 Å². The number of rotatable bonds is 6. The van der Waals surface area contributed by atoms with Gasteiger partial charge in [-0.1, -0.05) is 11.6 Å². The van der Waals surface area contributed by atoms with Crippen LogP contribution in [0.2, 0.25) is 5.02 Å². The van der Waals surface area contributed by atoms with Crippen molar-refractivity contribution < 1.29 is 9.90 Å². The first-order chi connectivity index (χ1) is 19.1. The largest absolute Gasteiger partial charge is 0.506 e. The smallest absolute Gasteiger partial charge is 0.255 e. The summed E-state index contributed by atoms with van der Waals surface area (Å²) in [5, 5.41) is 17.0. The van der Waals surface area contributed by atoms with Gasteiger partial charge in [0, 0.05) is 72.7 Å². The number of nitrogens with one attached hydrogen (secondary N) is 2. The fraction of sp³-hybridized carbons (Fsp3) is 0.385. The molecule has 2 aliphatic rings. The molecule has 2 saturated heterocycles. The maximum atomic E-state index is 12.6. The molecule has 4 atom stereocenters. The first-order valence-corrected chi connectivity index (χ1v) is 13.5. The molecule has 1 amide bonds. The van der Waals surface area contributed by atoms with Crippen LogP contribution in [0.15, 0.2) is 42.5 Å². The Morgan fingerprint density at radius 2 is 1.34 bits per heavy atom. The summed E-state index contributed by atoms with van der Waals surface area (Å²) in [6, 6.07) is 10.8. The molecule has 5 rings (SSSR count). The molecular weight excluding hydrogens is 569 g/mol. The third-order valence-corrected chi connectivity index (χ3v) is 7.07. The maximum absolute atomic E-state index is 12.6. The van der Waals surface area contributed by atoms with Gasteiger partial charge in [-0.3, -0.25) is 4.79 Å². The van der Waals surface area contributed by atoms with Crippen LogP contribution >= 0.6 is 24.0 Å². The van der Waals surface area contributed by atoms with E-state index in [1.807, 2.05) is 9.80 Å². The van der Waals surface area contributed by atoms with E-state index in [1.54, 1.807) is 36.4 Å². The lowest BCUT2D eigenvalue weighted by molar-refractivity contribution is 0.102. The van der Waals surface area contributed by atoms with E-state index in [9.17, 15) is 9.90 Å². The number of nitrogens with zero attached hydrogens (tertiary/aromatic N) is 5. The number of benzene rings is 2. The molecule has 1 aromatic heterocycles. The average Bonchev–Trinajstić information content (AvgIpc) is 2.89. The van der Waals surface area contributed by atoms with Crippen molar-refractivity contribution in [3.05, 3.63) is 53.1 Å². The van der Waals surface area contributed by atoms with Gasteiger partial charge in [0.25, 0.3) is 5.91 Å². The Labute approximate surface area is 249 Å². The number of anilines is 5. The topological polar surface area (TPSA) is 211 Å². The summed E-state index contributed by atoms with van der Waals surface area (Å²) in [5.41, 5.74) is 26.1. The van der Waals surface area contributed by atoms with Gasteiger partial charge < -0.3 is 48.5 Å². The maximum Gasteiger partial charge on any atom is 0.255 e. The van der Waals surface area contributed by atoms with Crippen LogP contribution in [0.3, 0.4) is 0 Å². The number of carbonyl (C=O) groups is 1. The van der Waals surface area contributed by atoms with Crippen LogP contribution in [-0.2, 0) is 0 Å². The summed E-state index contributed by atoms with van der Waals surface area (Å²) in [7, 11) is 0. The van der Waals surface area contributed by atoms with Gasteiger partial charge in [-0.05, 0) is 49.2 Å². The summed E-state index contributed by atoms with van der Waals surface area (Å²) < 4.78 is 0. The molecule has 2 aromatic carbocycles. The average molecular weight is 605 g/mol. The van der Waals surface area contributed by atoms with E-state index in [2.05, 4.69) is 20.6 Å². The van der Waals surface area contributed by atoms with Crippen molar-refractivity contribution in [3.63, 3.8) is 0 Å².